The fourth-order valence-electron chi connectivity index (χ4n) is 1.74. The molecule has 2 aromatic rings. The molecule has 0 aliphatic heterocycles. The van der Waals surface area contributed by atoms with Gasteiger partial charge >= 0.3 is 0 Å². The van der Waals surface area contributed by atoms with E-state index < -0.39 is 0 Å². The fourth-order valence-corrected chi connectivity index (χ4v) is 2.59. The molecule has 0 unspecified atom stereocenters. The highest BCUT2D eigenvalue weighted by molar-refractivity contribution is 14.0. The lowest BCUT2D eigenvalue weighted by atomic mass is 10.3. The summed E-state index contributed by atoms with van der Waals surface area (Å²) < 4.78 is 5.56. The molecule has 0 bridgehead atoms. The molecule has 0 amide bonds. The van der Waals surface area contributed by atoms with Gasteiger partial charge in [-0.1, -0.05) is 0 Å². The van der Waals surface area contributed by atoms with Gasteiger partial charge in [0.15, 0.2) is 5.96 Å². The van der Waals surface area contributed by atoms with Crippen LogP contribution in [0.5, 0.6) is 5.75 Å². The van der Waals surface area contributed by atoms with E-state index in [0.29, 0.717) is 13.2 Å². The van der Waals surface area contributed by atoms with Gasteiger partial charge in [-0.15, -0.1) is 35.3 Å². The molecule has 2 aromatic heterocycles. The van der Waals surface area contributed by atoms with Crippen molar-refractivity contribution in [2.45, 2.75) is 13.5 Å². The van der Waals surface area contributed by atoms with E-state index in [1.165, 1.54) is 10.4 Å². The molecule has 0 aromatic carbocycles. The highest BCUT2D eigenvalue weighted by Gasteiger charge is 2.02. The summed E-state index contributed by atoms with van der Waals surface area (Å²) in [5, 5.41) is 8.61. The molecule has 0 fully saturated rings. The van der Waals surface area contributed by atoms with Crippen molar-refractivity contribution in [2.75, 3.05) is 20.2 Å². The zero-order valence-corrected chi connectivity index (χ0v) is 15.9. The van der Waals surface area contributed by atoms with Crippen LogP contribution >= 0.6 is 35.3 Å². The highest BCUT2D eigenvalue weighted by atomic mass is 127. The van der Waals surface area contributed by atoms with Crippen molar-refractivity contribution in [3.8, 4) is 5.75 Å². The number of aromatic nitrogens is 1. The molecule has 5 nitrogen and oxygen atoms in total. The third kappa shape index (κ3) is 6.18. The zero-order valence-electron chi connectivity index (χ0n) is 12.7. The lowest BCUT2D eigenvalue weighted by Crippen LogP contribution is -2.38. The number of thiophene rings is 1. The monoisotopic (exact) mass is 432 g/mol. The van der Waals surface area contributed by atoms with Crippen molar-refractivity contribution in [2.24, 2.45) is 4.99 Å². The molecule has 120 valence electrons. The van der Waals surface area contributed by atoms with Crippen LogP contribution in [0.4, 0.5) is 0 Å². The first-order chi connectivity index (χ1) is 10.3. The minimum Gasteiger partial charge on any atom is -0.490 e. The van der Waals surface area contributed by atoms with Gasteiger partial charge in [-0.2, -0.15) is 0 Å². The minimum absolute atomic E-state index is 0. The van der Waals surface area contributed by atoms with Crippen LogP contribution in [0.1, 0.15) is 10.4 Å². The van der Waals surface area contributed by atoms with Crippen LogP contribution in [0.15, 0.2) is 41.0 Å². The molecule has 0 radical (unpaired) electrons. The number of halogens is 1. The van der Waals surface area contributed by atoms with Gasteiger partial charge in [0.1, 0.15) is 12.4 Å². The van der Waals surface area contributed by atoms with Crippen LogP contribution in [0.3, 0.4) is 0 Å². The molecule has 0 aliphatic rings. The van der Waals surface area contributed by atoms with Gasteiger partial charge < -0.3 is 15.4 Å². The van der Waals surface area contributed by atoms with Crippen molar-refractivity contribution < 1.29 is 4.74 Å². The Morgan fingerprint density at radius 3 is 2.86 bits per heavy atom. The van der Waals surface area contributed by atoms with Crippen LogP contribution in [-0.2, 0) is 6.54 Å². The molecule has 2 heterocycles. The SMILES string of the molecule is CN=C(NCCOc1cccnc1)NCc1sccc1C.I. The maximum Gasteiger partial charge on any atom is 0.191 e. The maximum atomic E-state index is 5.56. The molecular weight excluding hydrogens is 411 g/mol. The van der Waals surface area contributed by atoms with Crippen molar-refractivity contribution >= 4 is 41.3 Å². The Morgan fingerprint density at radius 2 is 2.23 bits per heavy atom. The maximum absolute atomic E-state index is 5.56. The van der Waals surface area contributed by atoms with Gasteiger partial charge in [0.2, 0.25) is 0 Å². The van der Waals surface area contributed by atoms with Gasteiger partial charge in [0, 0.05) is 18.1 Å². The first kappa shape index (κ1) is 18.7. The summed E-state index contributed by atoms with van der Waals surface area (Å²) in [6, 6.07) is 5.87. The molecule has 22 heavy (non-hydrogen) atoms. The summed E-state index contributed by atoms with van der Waals surface area (Å²) in [6.45, 7) is 4.14. The quantitative estimate of drug-likeness (QED) is 0.319. The van der Waals surface area contributed by atoms with E-state index in [9.17, 15) is 0 Å². The third-order valence-corrected chi connectivity index (χ3v) is 3.93. The normalized spacial score (nSPS) is 10.7. The molecule has 0 saturated carbocycles. The summed E-state index contributed by atoms with van der Waals surface area (Å²) in [4.78, 5) is 9.52. The molecule has 2 N–H and O–H groups in total. The Kier molecular flexibility index (Phi) is 8.83. The van der Waals surface area contributed by atoms with E-state index in [1.807, 2.05) is 12.1 Å². The predicted molar refractivity (Wildman–Crippen MR) is 102 cm³/mol. The smallest absolute Gasteiger partial charge is 0.191 e. The zero-order chi connectivity index (χ0) is 14.9. The van der Waals surface area contributed by atoms with E-state index in [2.05, 4.69) is 39.0 Å². The minimum atomic E-state index is 0. The summed E-state index contributed by atoms with van der Waals surface area (Å²) in [7, 11) is 1.76. The molecule has 0 aliphatic carbocycles. The van der Waals surface area contributed by atoms with E-state index in [1.54, 1.807) is 30.8 Å². The second-order valence-corrected chi connectivity index (χ2v) is 5.42. The standard InChI is InChI=1S/C15H20N4OS.HI/c1-12-5-9-21-14(12)11-19-15(16-2)18-7-8-20-13-4-3-6-17-10-13;/h3-6,9-10H,7-8,11H2,1-2H3,(H2,16,18,19);1H. The lowest BCUT2D eigenvalue weighted by molar-refractivity contribution is 0.320. The summed E-state index contributed by atoms with van der Waals surface area (Å²) in [5.41, 5.74) is 1.31. The van der Waals surface area contributed by atoms with Gasteiger partial charge in [-0.25, -0.2) is 0 Å². The lowest BCUT2D eigenvalue weighted by Gasteiger charge is -2.12. The number of nitrogens with zero attached hydrogens (tertiary/aromatic N) is 2. The van der Waals surface area contributed by atoms with Crippen molar-refractivity contribution in [1.29, 1.82) is 0 Å². The van der Waals surface area contributed by atoms with Crippen molar-refractivity contribution in [1.82, 2.24) is 15.6 Å². The number of aliphatic imine (C=N–C) groups is 1. The largest absolute Gasteiger partial charge is 0.490 e. The molecule has 7 heteroatoms. The molecular formula is C15H21IN4OS. The number of pyridine rings is 1. The Morgan fingerprint density at radius 1 is 1.36 bits per heavy atom. The Balaban J connectivity index is 0.00000242. The van der Waals surface area contributed by atoms with Gasteiger partial charge in [-0.05, 0) is 36.1 Å². The first-order valence-electron chi connectivity index (χ1n) is 6.80. The number of hydrogen-bond acceptors (Lipinski definition) is 4. The third-order valence-electron chi connectivity index (χ3n) is 2.91. The van der Waals surface area contributed by atoms with Crippen LogP contribution in [0.2, 0.25) is 0 Å². The summed E-state index contributed by atoms with van der Waals surface area (Å²) in [6.07, 6.45) is 3.43. The molecule has 0 atom stereocenters. The number of guanidine groups is 1. The number of hydrogen-bond donors (Lipinski definition) is 2. The van der Waals surface area contributed by atoms with E-state index >= 15 is 0 Å². The number of nitrogens with one attached hydrogen (secondary N) is 2. The number of rotatable bonds is 6. The Labute approximate surface area is 152 Å². The Bertz CT molecular complexity index is 574. The van der Waals surface area contributed by atoms with Crippen LogP contribution < -0.4 is 15.4 Å². The second kappa shape index (κ2) is 10.4. The highest BCUT2D eigenvalue weighted by Crippen LogP contribution is 2.14. The fraction of sp³-hybridized carbons (Fsp3) is 0.333. The number of ether oxygens (including phenoxy) is 1. The summed E-state index contributed by atoms with van der Waals surface area (Å²) >= 11 is 1.75. The van der Waals surface area contributed by atoms with Gasteiger partial charge in [0.05, 0.1) is 19.3 Å². The summed E-state index contributed by atoms with van der Waals surface area (Å²) in [5.74, 6) is 1.55. The van der Waals surface area contributed by atoms with Gasteiger partial charge in [0.25, 0.3) is 0 Å². The van der Waals surface area contributed by atoms with Crippen LogP contribution in [0.25, 0.3) is 0 Å². The average Bonchev–Trinajstić information content (AvgIpc) is 2.93. The average molecular weight is 432 g/mol. The Hall–Kier alpha value is -1.35. The molecule has 2 rings (SSSR count). The van der Waals surface area contributed by atoms with Crippen molar-refractivity contribution in [3.05, 3.63) is 46.4 Å². The number of aryl methyl sites for hydroxylation is 1. The van der Waals surface area contributed by atoms with Gasteiger partial charge in [-0.3, -0.25) is 9.98 Å². The predicted octanol–water partition coefficient (Wildman–Crippen LogP) is 2.81. The van der Waals surface area contributed by atoms with Crippen LogP contribution in [-0.4, -0.2) is 31.1 Å². The topological polar surface area (TPSA) is 58.5 Å². The van der Waals surface area contributed by atoms with Crippen LogP contribution in [0, 0.1) is 6.92 Å². The van der Waals surface area contributed by atoms with E-state index in [0.717, 1.165) is 18.3 Å². The molecule has 0 saturated heterocycles. The second-order valence-electron chi connectivity index (χ2n) is 4.42. The van der Waals surface area contributed by atoms with E-state index in [-0.39, 0.29) is 24.0 Å². The molecule has 0 spiro atoms. The first-order valence-corrected chi connectivity index (χ1v) is 7.68. The van der Waals surface area contributed by atoms with E-state index in [4.69, 9.17) is 4.74 Å². The van der Waals surface area contributed by atoms with Crippen molar-refractivity contribution in [3.63, 3.8) is 0 Å².